The Bertz CT molecular complexity index is 664. The number of ether oxygens (including phenoxy) is 1. The summed E-state index contributed by atoms with van der Waals surface area (Å²) in [6, 6.07) is 0.0294. The van der Waals surface area contributed by atoms with Gasteiger partial charge in [-0.15, -0.1) is 11.3 Å². The van der Waals surface area contributed by atoms with Crippen molar-refractivity contribution in [3.63, 3.8) is 0 Å². The molecule has 0 saturated carbocycles. The molecule has 0 fully saturated rings. The van der Waals surface area contributed by atoms with Crippen molar-refractivity contribution in [1.82, 2.24) is 20.5 Å². The summed E-state index contributed by atoms with van der Waals surface area (Å²) in [5, 5.41) is 7.47. The topological polar surface area (TPSA) is 78.9 Å². The molecule has 160 valence electrons. The molecule has 28 heavy (non-hydrogen) atoms. The number of carbonyl (C=O) groups is 1. The smallest absolute Gasteiger partial charge is 0.407 e. The number of nitrogens with one attached hydrogen (secondary N) is 2. The highest BCUT2D eigenvalue weighted by atomic mass is 32.1. The van der Waals surface area contributed by atoms with Gasteiger partial charge in [0.25, 0.3) is 0 Å². The molecule has 1 amide bonds. The zero-order valence-electron chi connectivity index (χ0n) is 18.8. The van der Waals surface area contributed by atoms with Crippen LogP contribution in [0.5, 0.6) is 0 Å². The lowest BCUT2D eigenvalue weighted by Crippen LogP contribution is -2.45. The Labute approximate surface area is 174 Å². The molecule has 8 heteroatoms. The predicted molar refractivity (Wildman–Crippen MR) is 117 cm³/mol. The van der Waals surface area contributed by atoms with Gasteiger partial charge in [0.1, 0.15) is 5.60 Å². The van der Waals surface area contributed by atoms with Crippen LogP contribution in [0.1, 0.15) is 56.6 Å². The number of guanidine groups is 1. The number of nitrogens with zero attached hydrogens (tertiary/aromatic N) is 3. The van der Waals surface area contributed by atoms with Crippen molar-refractivity contribution < 1.29 is 9.53 Å². The van der Waals surface area contributed by atoms with Gasteiger partial charge in [-0.25, -0.2) is 9.78 Å². The Morgan fingerprint density at radius 1 is 1.32 bits per heavy atom. The highest BCUT2D eigenvalue weighted by Crippen LogP contribution is 2.16. The molecule has 1 heterocycles. The van der Waals surface area contributed by atoms with Crippen LogP contribution in [0, 0.1) is 19.8 Å². The lowest BCUT2D eigenvalue weighted by molar-refractivity contribution is 0.0486. The molecule has 1 atom stereocenters. The molecule has 0 spiro atoms. The van der Waals surface area contributed by atoms with E-state index in [1.165, 1.54) is 4.88 Å². The summed E-state index contributed by atoms with van der Waals surface area (Å²) in [5.41, 5.74) is 0.566. The third-order valence-corrected chi connectivity index (χ3v) is 5.34. The van der Waals surface area contributed by atoms with Crippen molar-refractivity contribution in [2.75, 3.05) is 20.6 Å². The molecule has 0 aliphatic heterocycles. The first-order valence-electron chi connectivity index (χ1n) is 9.77. The zero-order valence-corrected chi connectivity index (χ0v) is 19.7. The molecular weight excluding hydrogens is 374 g/mol. The van der Waals surface area contributed by atoms with E-state index in [0.717, 1.165) is 29.6 Å². The van der Waals surface area contributed by atoms with E-state index in [1.54, 1.807) is 18.4 Å². The largest absolute Gasteiger partial charge is 0.444 e. The van der Waals surface area contributed by atoms with Crippen molar-refractivity contribution >= 4 is 23.4 Å². The molecule has 1 rings (SSSR count). The lowest BCUT2D eigenvalue weighted by Gasteiger charge is -2.28. The van der Waals surface area contributed by atoms with E-state index in [2.05, 4.69) is 39.4 Å². The summed E-state index contributed by atoms with van der Waals surface area (Å²) in [6.45, 7) is 15.3. The minimum Gasteiger partial charge on any atom is -0.444 e. The second-order valence-electron chi connectivity index (χ2n) is 8.35. The fourth-order valence-corrected chi connectivity index (χ4v) is 3.63. The van der Waals surface area contributed by atoms with Gasteiger partial charge in [0.15, 0.2) is 5.96 Å². The molecule has 0 bridgehead atoms. The number of alkyl carbamates (subject to hydrolysis) is 1. The van der Waals surface area contributed by atoms with E-state index in [0.29, 0.717) is 12.5 Å². The van der Waals surface area contributed by atoms with Crippen LogP contribution in [-0.2, 0) is 11.3 Å². The van der Waals surface area contributed by atoms with Gasteiger partial charge in [0.05, 0.1) is 17.2 Å². The molecule has 0 aliphatic rings. The minimum absolute atomic E-state index is 0.0294. The van der Waals surface area contributed by atoms with Crippen molar-refractivity contribution in [2.24, 2.45) is 10.9 Å². The quantitative estimate of drug-likeness (QED) is 0.528. The average Bonchev–Trinajstić information content (AvgIpc) is 2.87. The van der Waals surface area contributed by atoms with Gasteiger partial charge in [-0.05, 0) is 47.0 Å². The Hall–Kier alpha value is -1.83. The third-order valence-electron chi connectivity index (χ3n) is 4.26. The van der Waals surface area contributed by atoms with Gasteiger partial charge in [-0.1, -0.05) is 13.8 Å². The van der Waals surface area contributed by atoms with Crippen LogP contribution in [0.2, 0.25) is 0 Å². The van der Waals surface area contributed by atoms with Gasteiger partial charge in [-0.3, -0.25) is 4.99 Å². The first-order valence-corrected chi connectivity index (χ1v) is 10.6. The van der Waals surface area contributed by atoms with Crippen LogP contribution >= 0.6 is 11.3 Å². The molecule has 0 radical (unpaired) electrons. The summed E-state index contributed by atoms with van der Waals surface area (Å²) in [6.07, 6.45) is 0.430. The monoisotopic (exact) mass is 411 g/mol. The maximum atomic E-state index is 12.1. The van der Waals surface area contributed by atoms with Crippen LogP contribution < -0.4 is 10.6 Å². The molecule has 1 unspecified atom stereocenters. The number of rotatable bonds is 7. The SMILES string of the molecule is CN=C(NCc1sc(C)nc1C)N(C)CCC(NC(=O)OC(C)(C)C)C(C)C. The highest BCUT2D eigenvalue weighted by Gasteiger charge is 2.22. The highest BCUT2D eigenvalue weighted by molar-refractivity contribution is 7.11. The second-order valence-corrected chi connectivity index (χ2v) is 9.64. The van der Waals surface area contributed by atoms with Gasteiger partial charge in [0, 0.05) is 31.6 Å². The van der Waals surface area contributed by atoms with E-state index >= 15 is 0 Å². The van der Waals surface area contributed by atoms with Gasteiger partial charge < -0.3 is 20.3 Å². The molecule has 0 aliphatic carbocycles. The Balaban J connectivity index is 2.58. The number of hydrogen-bond donors (Lipinski definition) is 2. The predicted octanol–water partition coefficient (Wildman–Crippen LogP) is 3.71. The first-order chi connectivity index (χ1) is 12.9. The molecule has 0 aromatic carbocycles. The van der Waals surface area contributed by atoms with Gasteiger partial charge in [0.2, 0.25) is 0 Å². The third kappa shape index (κ3) is 8.46. The fourth-order valence-electron chi connectivity index (χ4n) is 2.75. The summed E-state index contributed by atoms with van der Waals surface area (Å²) in [7, 11) is 3.79. The number of aromatic nitrogens is 1. The zero-order chi connectivity index (χ0) is 21.5. The Kier molecular flexibility index (Phi) is 9.20. The normalized spacial score (nSPS) is 13.4. The molecule has 1 aromatic rings. The van der Waals surface area contributed by atoms with Crippen molar-refractivity contribution in [3.8, 4) is 0 Å². The average molecular weight is 412 g/mol. The van der Waals surface area contributed by atoms with E-state index in [4.69, 9.17) is 4.74 Å². The van der Waals surface area contributed by atoms with Crippen molar-refractivity contribution in [3.05, 3.63) is 15.6 Å². The lowest BCUT2D eigenvalue weighted by atomic mass is 10.0. The van der Waals surface area contributed by atoms with E-state index in [1.807, 2.05) is 41.7 Å². The second kappa shape index (κ2) is 10.6. The van der Waals surface area contributed by atoms with Crippen LogP contribution in [0.4, 0.5) is 4.79 Å². The van der Waals surface area contributed by atoms with Crippen molar-refractivity contribution in [2.45, 2.75) is 73.1 Å². The van der Waals surface area contributed by atoms with Gasteiger partial charge >= 0.3 is 6.09 Å². The molecule has 2 N–H and O–H groups in total. The number of aryl methyl sites for hydroxylation is 2. The van der Waals surface area contributed by atoms with E-state index < -0.39 is 5.60 Å². The van der Waals surface area contributed by atoms with Crippen LogP contribution in [-0.4, -0.2) is 54.2 Å². The van der Waals surface area contributed by atoms with Crippen molar-refractivity contribution in [1.29, 1.82) is 0 Å². The number of amides is 1. The number of carbonyl (C=O) groups excluding carboxylic acids is 1. The van der Waals surface area contributed by atoms with Gasteiger partial charge in [-0.2, -0.15) is 0 Å². The molecule has 7 nitrogen and oxygen atoms in total. The Morgan fingerprint density at radius 2 is 1.96 bits per heavy atom. The summed E-state index contributed by atoms with van der Waals surface area (Å²) in [4.78, 5) is 24.3. The number of thiazole rings is 1. The van der Waals surface area contributed by atoms with Crippen LogP contribution in [0.3, 0.4) is 0 Å². The molecular formula is C20H37N5O2S. The first kappa shape index (κ1) is 24.2. The maximum absolute atomic E-state index is 12.1. The molecule has 0 saturated heterocycles. The van der Waals surface area contributed by atoms with Crippen LogP contribution in [0.15, 0.2) is 4.99 Å². The van der Waals surface area contributed by atoms with E-state index in [9.17, 15) is 4.79 Å². The number of aliphatic imine (C=N–C) groups is 1. The fraction of sp³-hybridized carbons (Fsp3) is 0.750. The maximum Gasteiger partial charge on any atom is 0.407 e. The van der Waals surface area contributed by atoms with Crippen LogP contribution in [0.25, 0.3) is 0 Å². The summed E-state index contributed by atoms with van der Waals surface area (Å²) < 4.78 is 5.39. The Morgan fingerprint density at radius 3 is 2.43 bits per heavy atom. The number of hydrogen-bond acceptors (Lipinski definition) is 5. The molecule has 1 aromatic heterocycles. The van der Waals surface area contributed by atoms with E-state index in [-0.39, 0.29) is 12.1 Å². The standard InChI is InChI=1S/C20H37N5O2S/c1-13(2)16(24-19(26)27-20(5,6)7)10-11-25(9)18(21-8)22-12-17-14(3)23-15(4)28-17/h13,16H,10-12H2,1-9H3,(H,21,22)(H,24,26). The summed E-state index contributed by atoms with van der Waals surface area (Å²) in [5.74, 6) is 1.13. The summed E-state index contributed by atoms with van der Waals surface area (Å²) >= 11 is 1.70. The minimum atomic E-state index is -0.499.